The summed E-state index contributed by atoms with van der Waals surface area (Å²) in [6.07, 6.45) is 2.14. The van der Waals surface area contributed by atoms with Crippen molar-refractivity contribution in [2.45, 2.75) is 19.8 Å². The Balaban J connectivity index is 1.44. The Labute approximate surface area is 192 Å². The zero-order chi connectivity index (χ0) is 23.2. The first-order valence-corrected chi connectivity index (χ1v) is 11.1. The molecule has 0 unspecified atom stereocenters. The molecule has 4 N–H and O–H groups in total. The number of carbonyl (C=O) groups is 1. The number of hydrogen-bond donors (Lipinski definition) is 4. The largest absolute Gasteiger partial charge is 0.508 e. The summed E-state index contributed by atoms with van der Waals surface area (Å²) in [5, 5.41) is 16.0. The number of rotatable bonds is 7. The van der Waals surface area contributed by atoms with E-state index < -0.39 is 5.69 Å². The van der Waals surface area contributed by atoms with Gasteiger partial charge >= 0.3 is 5.69 Å². The summed E-state index contributed by atoms with van der Waals surface area (Å²) in [5.74, 6) is 1.08. The highest BCUT2D eigenvalue weighted by Gasteiger charge is 2.14. The van der Waals surface area contributed by atoms with Crippen molar-refractivity contribution in [2.75, 3.05) is 26.2 Å². The molecule has 33 heavy (non-hydrogen) atoms. The minimum absolute atomic E-state index is 0.0701. The fraction of sp³-hybridized carbons (Fsp3) is 0.320. The summed E-state index contributed by atoms with van der Waals surface area (Å²) in [6.45, 7) is 4.38. The number of amides is 1. The second kappa shape index (κ2) is 10.3. The molecule has 0 aliphatic carbocycles. The van der Waals surface area contributed by atoms with E-state index in [0.717, 1.165) is 37.1 Å². The molecule has 2 aromatic carbocycles. The summed E-state index contributed by atoms with van der Waals surface area (Å²) >= 11 is 0. The van der Waals surface area contributed by atoms with Crippen LogP contribution in [0, 0.1) is 12.8 Å². The maximum absolute atomic E-state index is 12.2. The molecule has 0 saturated carbocycles. The highest BCUT2D eigenvalue weighted by Crippen LogP contribution is 2.27. The number of aromatic nitrogens is 2. The number of benzene rings is 2. The molecule has 8 nitrogen and oxygen atoms in total. The number of aromatic hydroxyl groups is 1. The minimum Gasteiger partial charge on any atom is -0.508 e. The molecule has 1 amide bonds. The number of carbonyl (C=O) groups excluding carboxylic acids is 1. The lowest BCUT2D eigenvalue weighted by molar-refractivity contribution is -0.123. The van der Waals surface area contributed by atoms with Gasteiger partial charge < -0.3 is 25.5 Å². The van der Waals surface area contributed by atoms with Gasteiger partial charge in [0.15, 0.2) is 6.61 Å². The summed E-state index contributed by atoms with van der Waals surface area (Å²) in [7, 11) is 0. The fourth-order valence-electron chi connectivity index (χ4n) is 3.87. The van der Waals surface area contributed by atoms with E-state index in [0.29, 0.717) is 35.2 Å². The normalized spacial score (nSPS) is 14.1. The average Bonchev–Trinajstić information content (AvgIpc) is 2.83. The van der Waals surface area contributed by atoms with Crippen LogP contribution in [0.2, 0.25) is 0 Å². The molecule has 0 radical (unpaired) electrons. The van der Waals surface area contributed by atoms with Gasteiger partial charge in [-0.05, 0) is 80.7 Å². The quantitative estimate of drug-likeness (QED) is 0.442. The van der Waals surface area contributed by atoms with Crippen LogP contribution in [0.1, 0.15) is 18.4 Å². The number of phenols is 1. The van der Waals surface area contributed by atoms with Crippen molar-refractivity contribution in [2.24, 2.45) is 5.92 Å². The van der Waals surface area contributed by atoms with Gasteiger partial charge in [0.05, 0.1) is 11.4 Å². The Bertz CT molecular complexity index is 1190. The zero-order valence-corrected chi connectivity index (χ0v) is 18.6. The summed E-state index contributed by atoms with van der Waals surface area (Å²) in [5.41, 5.74) is 2.77. The Morgan fingerprint density at radius 3 is 2.76 bits per heavy atom. The Hall–Kier alpha value is -3.65. The van der Waals surface area contributed by atoms with Crippen LogP contribution in [0.4, 0.5) is 0 Å². The van der Waals surface area contributed by atoms with Crippen molar-refractivity contribution >= 4 is 5.91 Å². The van der Waals surface area contributed by atoms with E-state index in [2.05, 4.69) is 20.6 Å². The summed E-state index contributed by atoms with van der Waals surface area (Å²) < 4.78 is 5.68. The maximum atomic E-state index is 12.2. The molecular weight excluding hydrogens is 420 g/mol. The number of aryl methyl sites for hydroxylation is 1. The van der Waals surface area contributed by atoms with Crippen LogP contribution in [0.15, 0.2) is 53.3 Å². The first kappa shape index (κ1) is 22.5. The smallest absolute Gasteiger partial charge is 0.345 e. The number of phenolic OH excluding ortho intramolecular Hbond substituents is 1. The van der Waals surface area contributed by atoms with E-state index in [4.69, 9.17) is 4.74 Å². The van der Waals surface area contributed by atoms with E-state index in [1.165, 1.54) is 0 Å². The van der Waals surface area contributed by atoms with Crippen molar-refractivity contribution in [3.05, 3.63) is 64.6 Å². The molecule has 4 rings (SSSR count). The summed E-state index contributed by atoms with van der Waals surface area (Å²) in [6, 6.07) is 14.1. The topological polar surface area (TPSA) is 116 Å². The minimum atomic E-state index is -0.475. The predicted molar refractivity (Wildman–Crippen MR) is 126 cm³/mol. The second-order valence-corrected chi connectivity index (χ2v) is 8.30. The molecule has 8 heteroatoms. The maximum Gasteiger partial charge on any atom is 0.345 e. The number of ether oxygens (including phenoxy) is 1. The van der Waals surface area contributed by atoms with Gasteiger partial charge in [-0.15, -0.1) is 0 Å². The van der Waals surface area contributed by atoms with Gasteiger partial charge in [0.2, 0.25) is 0 Å². The summed E-state index contributed by atoms with van der Waals surface area (Å²) in [4.78, 5) is 31.2. The monoisotopic (exact) mass is 448 g/mol. The zero-order valence-electron chi connectivity index (χ0n) is 18.6. The van der Waals surface area contributed by atoms with Crippen LogP contribution >= 0.6 is 0 Å². The van der Waals surface area contributed by atoms with E-state index in [-0.39, 0.29) is 18.3 Å². The number of nitrogens with one attached hydrogen (secondary N) is 3. The molecule has 2 heterocycles. The molecule has 1 aliphatic rings. The molecular formula is C25H28N4O4. The molecule has 0 bridgehead atoms. The lowest BCUT2D eigenvalue weighted by Gasteiger charge is -2.22. The van der Waals surface area contributed by atoms with Gasteiger partial charge in [-0.2, -0.15) is 4.98 Å². The van der Waals surface area contributed by atoms with Gasteiger partial charge in [-0.3, -0.25) is 4.79 Å². The van der Waals surface area contributed by atoms with E-state index in [1.54, 1.807) is 49.4 Å². The molecule has 1 aromatic heterocycles. The van der Waals surface area contributed by atoms with E-state index in [1.807, 2.05) is 6.07 Å². The molecule has 3 aromatic rings. The van der Waals surface area contributed by atoms with Gasteiger partial charge in [-0.25, -0.2) is 4.79 Å². The molecule has 1 saturated heterocycles. The van der Waals surface area contributed by atoms with Gasteiger partial charge in [0, 0.05) is 17.7 Å². The predicted octanol–water partition coefficient (Wildman–Crippen LogP) is 2.61. The third-order valence-electron chi connectivity index (χ3n) is 5.80. The Morgan fingerprint density at radius 1 is 1.15 bits per heavy atom. The van der Waals surface area contributed by atoms with Crippen molar-refractivity contribution in [1.29, 1.82) is 0 Å². The first-order valence-electron chi connectivity index (χ1n) is 11.1. The van der Waals surface area contributed by atoms with Crippen molar-refractivity contribution in [3.63, 3.8) is 0 Å². The lowest BCUT2D eigenvalue weighted by atomic mass is 9.98. The molecule has 1 fully saturated rings. The van der Waals surface area contributed by atoms with E-state index >= 15 is 0 Å². The number of piperidine rings is 1. The van der Waals surface area contributed by atoms with E-state index in [9.17, 15) is 14.7 Å². The number of hydrogen-bond acceptors (Lipinski definition) is 6. The van der Waals surface area contributed by atoms with Crippen molar-refractivity contribution < 1.29 is 14.6 Å². The molecule has 0 atom stereocenters. The fourth-order valence-corrected chi connectivity index (χ4v) is 3.87. The number of aromatic amines is 1. The third kappa shape index (κ3) is 5.98. The SMILES string of the molecule is Cc1cc(-c2cc(-c3cccc(OCC(=O)NCC4CCNCC4)c3)[nH]c(=O)n2)ccc1O. The highest BCUT2D eigenvalue weighted by atomic mass is 16.5. The standard InChI is InChI=1S/C25H28N4O4/c1-16-11-19(5-6-23(16)30)22-13-21(28-25(32)29-22)18-3-2-4-20(12-18)33-15-24(31)27-14-17-7-9-26-10-8-17/h2-6,11-13,17,26,30H,7-10,14-15H2,1H3,(H,27,31)(H,28,29,32). The van der Waals surface area contributed by atoms with Crippen LogP contribution in [0.5, 0.6) is 11.5 Å². The van der Waals surface area contributed by atoms with Crippen LogP contribution in [-0.4, -0.2) is 47.2 Å². The molecule has 1 aliphatic heterocycles. The van der Waals surface area contributed by atoms with Crippen LogP contribution in [0.3, 0.4) is 0 Å². The molecule has 172 valence electrons. The average molecular weight is 449 g/mol. The second-order valence-electron chi connectivity index (χ2n) is 8.30. The van der Waals surface area contributed by atoms with Crippen LogP contribution < -0.4 is 21.1 Å². The highest BCUT2D eigenvalue weighted by molar-refractivity contribution is 5.77. The van der Waals surface area contributed by atoms with Gasteiger partial charge in [0.1, 0.15) is 11.5 Å². The van der Waals surface area contributed by atoms with Crippen LogP contribution in [-0.2, 0) is 4.79 Å². The number of nitrogens with zero attached hydrogens (tertiary/aromatic N) is 1. The lowest BCUT2D eigenvalue weighted by Crippen LogP contribution is -2.37. The van der Waals surface area contributed by atoms with Gasteiger partial charge in [-0.1, -0.05) is 12.1 Å². The first-order chi connectivity index (χ1) is 16.0. The molecule has 0 spiro atoms. The number of H-pyrrole nitrogens is 1. The Kier molecular flexibility index (Phi) is 7.04. The van der Waals surface area contributed by atoms with Crippen molar-refractivity contribution in [3.8, 4) is 34.0 Å². The third-order valence-corrected chi connectivity index (χ3v) is 5.80. The Morgan fingerprint density at radius 2 is 1.97 bits per heavy atom. The van der Waals surface area contributed by atoms with Crippen molar-refractivity contribution in [1.82, 2.24) is 20.6 Å². The van der Waals surface area contributed by atoms with Crippen LogP contribution in [0.25, 0.3) is 22.5 Å². The van der Waals surface area contributed by atoms with Gasteiger partial charge in [0.25, 0.3) is 5.91 Å².